The Morgan fingerprint density at radius 1 is 1.17 bits per heavy atom. The molecule has 0 radical (unpaired) electrons. The van der Waals surface area contributed by atoms with E-state index in [2.05, 4.69) is 26.8 Å². The quantitative estimate of drug-likeness (QED) is 0.516. The van der Waals surface area contributed by atoms with E-state index in [0.717, 1.165) is 42.1 Å². The van der Waals surface area contributed by atoms with Crippen LogP contribution in [0.15, 0.2) is 30.7 Å². The first kappa shape index (κ1) is 24.5. The van der Waals surface area contributed by atoms with Gasteiger partial charge in [-0.15, -0.1) is 0 Å². The molecule has 1 saturated heterocycles. The molecule has 2 fully saturated rings. The molecule has 0 bridgehead atoms. The van der Waals surface area contributed by atoms with Crippen molar-refractivity contribution < 1.29 is 18.3 Å². The minimum atomic E-state index is -4.14. The van der Waals surface area contributed by atoms with E-state index in [1.807, 2.05) is 21.7 Å². The molecule has 36 heavy (non-hydrogen) atoms. The number of nitrogens with zero attached hydrogens (tertiary/aromatic N) is 5. The Morgan fingerprint density at radius 2 is 1.92 bits per heavy atom. The Bertz CT molecular complexity index is 1310. The lowest BCUT2D eigenvalue weighted by Crippen LogP contribution is -2.35. The molecule has 1 atom stereocenters. The number of alkyl halides is 3. The number of halogens is 3. The van der Waals surface area contributed by atoms with Crippen LogP contribution in [0, 0.1) is 17.8 Å². The maximum Gasteiger partial charge on any atom is 0.390 e. The average Bonchev–Trinajstić information content (AvgIpc) is 3.64. The van der Waals surface area contributed by atoms with E-state index in [-0.39, 0.29) is 24.3 Å². The largest absolute Gasteiger partial charge is 0.390 e. The number of pyridine rings is 1. The van der Waals surface area contributed by atoms with Gasteiger partial charge in [0.25, 0.3) is 0 Å². The molecule has 1 aliphatic carbocycles. The minimum Gasteiger partial charge on any atom is -0.378 e. The SMILES string of the molecule is CC(O)(C#Cc1cc2c(cn1)c(C1CCN(CCC(F)(F)F)CC1)cn2-c1ccnc(N)n1)C1CC1. The van der Waals surface area contributed by atoms with Crippen LogP contribution in [0.5, 0.6) is 0 Å². The molecule has 0 amide bonds. The summed E-state index contributed by atoms with van der Waals surface area (Å²) in [4.78, 5) is 14.8. The van der Waals surface area contributed by atoms with Gasteiger partial charge in [-0.05, 0) is 81.1 Å². The molecule has 2 aliphatic rings. The number of likely N-dealkylation sites (tertiary alicyclic amines) is 1. The first-order valence-electron chi connectivity index (χ1n) is 12.2. The summed E-state index contributed by atoms with van der Waals surface area (Å²) >= 11 is 0. The Hall–Kier alpha value is -3.16. The first-order valence-corrected chi connectivity index (χ1v) is 12.2. The summed E-state index contributed by atoms with van der Waals surface area (Å²) in [7, 11) is 0. The van der Waals surface area contributed by atoms with Crippen molar-refractivity contribution in [3.8, 4) is 17.7 Å². The third-order valence-electron chi connectivity index (χ3n) is 7.18. The maximum atomic E-state index is 12.6. The van der Waals surface area contributed by atoms with E-state index >= 15 is 0 Å². The zero-order valence-corrected chi connectivity index (χ0v) is 20.1. The Kier molecular flexibility index (Phi) is 6.39. The molecule has 3 aromatic heterocycles. The van der Waals surface area contributed by atoms with Crippen LogP contribution in [-0.2, 0) is 0 Å². The number of nitrogens with two attached hydrogens (primary N) is 1. The fourth-order valence-electron chi connectivity index (χ4n) is 4.92. The average molecular weight is 499 g/mol. The lowest BCUT2D eigenvalue weighted by Gasteiger charge is -2.32. The molecule has 0 aromatic carbocycles. The van der Waals surface area contributed by atoms with Gasteiger partial charge in [0.05, 0.1) is 11.9 Å². The predicted octanol–water partition coefficient (Wildman–Crippen LogP) is 4.04. The molecule has 3 N–H and O–H groups in total. The number of hydrogen-bond acceptors (Lipinski definition) is 6. The van der Waals surface area contributed by atoms with Crippen molar-refractivity contribution in [3.05, 3.63) is 42.0 Å². The highest BCUT2D eigenvalue weighted by atomic mass is 19.4. The van der Waals surface area contributed by atoms with E-state index in [4.69, 9.17) is 5.73 Å². The highest BCUT2D eigenvalue weighted by Gasteiger charge is 2.38. The van der Waals surface area contributed by atoms with Crippen LogP contribution in [0.2, 0.25) is 0 Å². The van der Waals surface area contributed by atoms with Crippen molar-refractivity contribution in [2.45, 2.75) is 56.7 Å². The van der Waals surface area contributed by atoms with Crippen LogP contribution in [-0.4, -0.2) is 60.9 Å². The number of nitrogen functional groups attached to an aromatic ring is 1. The maximum absolute atomic E-state index is 12.6. The normalized spacial score (nSPS) is 19.1. The third-order valence-corrected chi connectivity index (χ3v) is 7.18. The van der Waals surface area contributed by atoms with Crippen LogP contribution in [0.4, 0.5) is 19.1 Å². The molecule has 5 rings (SSSR count). The van der Waals surface area contributed by atoms with Gasteiger partial charge in [-0.2, -0.15) is 18.2 Å². The van der Waals surface area contributed by atoms with Crippen molar-refractivity contribution >= 4 is 16.9 Å². The zero-order valence-electron chi connectivity index (χ0n) is 20.1. The molecule has 10 heteroatoms. The van der Waals surface area contributed by atoms with Crippen molar-refractivity contribution in [3.63, 3.8) is 0 Å². The van der Waals surface area contributed by atoms with Gasteiger partial charge in [0.1, 0.15) is 17.1 Å². The molecule has 4 heterocycles. The lowest BCUT2D eigenvalue weighted by atomic mass is 9.89. The van der Waals surface area contributed by atoms with Gasteiger partial charge in [-0.3, -0.25) is 0 Å². The highest BCUT2D eigenvalue weighted by Crippen LogP contribution is 2.39. The topological polar surface area (TPSA) is 93.1 Å². The van der Waals surface area contributed by atoms with E-state index in [1.54, 1.807) is 25.4 Å². The van der Waals surface area contributed by atoms with E-state index in [1.165, 1.54) is 0 Å². The van der Waals surface area contributed by atoms with Crippen molar-refractivity contribution in [2.24, 2.45) is 5.92 Å². The number of aliphatic hydroxyl groups is 1. The van der Waals surface area contributed by atoms with Crippen LogP contribution in [0.25, 0.3) is 16.7 Å². The van der Waals surface area contributed by atoms with Crippen LogP contribution in [0.3, 0.4) is 0 Å². The number of anilines is 1. The van der Waals surface area contributed by atoms with Gasteiger partial charge in [0.2, 0.25) is 5.95 Å². The molecule has 190 valence electrons. The molecule has 1 aliphatic heterocycles. The Balaban J connectivity index is 1.46. The fourth-order valence-corrected chi connectivity index (χ4v) is 4.92. The number of hydrogen-bond donors (Lipinski definition) is 2. The second kappa shape index (κ2) is 9.37. The smallest absolute Gasteiger partial charge is 0.378 e. The monoisotopic (exact) mass is 498 g/mol. The first-order chi connectivity index (χ1) is 17.1. The summed E-state index contributed by atoms with van der Waals surface area (Å²) in [5.74, 6) is 7.15. The van der Waals surface area contributed by atoms with E-state index < -0.39 is 18.2 Å². The van der Waals surface area contributed by atoms with Crippen LogP contribution in [0.1, 0.15) is 56.2 Å². The molecule has 7 nitrogen and oxygen atoms in total. The standard InChI is InChI=1S/C26H29F3N6O/c1-25(36,18-2-3-18)8-4-19-14-22-20(15-32-19)21(16-35(22)23-5-10-31-24(30)33-23)17-6-11-34(12-7-17)13-9-26(27,28)29/h5,10,14-18,36H,2-3,6-7,9,11-13H2,1H3,(H2,30,31,33). The molecule has 1 saturated carbocycles. The fraction of sp³-hybridized carbons (Fsp3) is 0.500. The Labute approximate surface area is 207 Å². The Morgan fingerprint density at radius 3 is 2.58 bits per heavy atom. The van der Waals surface area contributed by atoms with Crippen LogP contribution < -0.4 is 5.73 Å². The van der Waals surface area contributed by atoms with Crippen molar-refractivity contribution in [1.82, 2.24) is 24.4 Å². The zero-order chi connectivity index (χ0) is 25.5. The van der Waals surface area contributed by atoms with Gasteiger partial charge in [-0.25, -0.2) is 9.97 Å². The van der Waals surface area contributed by atoms with Gasteiger partial charge in [-0.1, -0.05) is 5.92 Å². The minimum absolute atomic E-state index is 0.0341. The van der Waals surface area contributed by atoms with Crippen LogP contribution >= 0.6 is 0 Å². The summed E-state index contributed by atoms with van der Waals surface area (Å²) in [5.41, 5.74) is 7.28. The number of rotatable bonds is 5. The summed E-state index contributed by atoms with van der Waals surface area (Å²) in [5, 5.41) is 11.5. The second-order valence-electron chi connectivity index (χ2n) is 9.97. The number of aromatic nitrogens is 4. The van der Waals surface area contributed by atoms with E-state index in [9.17, 15) is 18.3 Å². The van der Waals surface area contributed by atoms with Gasteiger partial charge in [0.15, 0.2) is 0 Å². The summed E-state index contributed by atoms with van der Waals surface area (Å²) < 4.78 is 39.8. The predicted molar refractivity (Wildman–Crippen MR) is 130 cm³/mol. The number of fused-ring (bicyclic) bond motifs is 1. The summed E-state index contributed by atoms with van der Waals surface area (Å²) in [6.07, 6.45) is 3.95. The van der Waals surface area contributed by atoms with E-state index in [0.29, 0.717) is 24.6 Å². The summed E-state index contributed by atoms with van der Waals surface area (Å²) in [6, 6.07) is 3.65. The molecule has 1 unspecified atom stereocenters. The molecule has 0 spiro atoms. The lowest BCUT2D eigenvalue weighted by molar-refractivity contribution is -0.138. The highest BCUT2D eigenvalue weighted by molar-refractivity contribution is 5.86. The third kappa shape index (κ3) is 5.47. The molecule has 3 aromatic rings. The summed E-state index contributed by atoms with van der Waals surface area (Å²) in [6.45, 7) is 3.00. The second-order valence-corrected chi connectivity index (χ2v) is 9.97. The molecular weight excluding hydrogens is 469 g/mol. The van der Waals surface area contributed by atoms with Crippen molar-refractivity contribution in [1.29, 1.82) is 0 Å². The molecular formula is C26H29F3N6O. The number of piperidine rings is 1. The van der Waals surface area contributed by atoms with Gasteiger partial charge >= 0.3 is 6.18 Å². The van der Waals surface area contributed by atoms with Gasteiger partial charge in [0, 0.05) is 30.5 Å². The van der Waals surface area contributed by atoms with Crippen molar-refractivity contribution in [2.75, 3.05) is 25.4 Å². The van der Waals surface area contributed by atoms with Gasteiger partial charge < -0.3 is 20.3 Å².